The first-order chi connectivity index (χ1) is 28.8. The molecule has 0 aliphatic carbocycles. The molecule has 0 spiro atoms. The molecule has 4 heteroatoms. The van der Waals surface area contributed by atoms with Crippen LogP contribution in [0.3, 0.4) is 0 Å². The van der Waals surface area contributed by atoms with Gasteiger partial charge in [-0.05, 0) is 45.9 Å². The molecule has 49 heavy (non-hydrogen) atoms. The SMILES string of the molecule is [2H]c1c([2H])c([2H])c(-c2c([2H])c([2H])c([2H])c3c2oc2c([2H])c([2H])c(-c4nc(-c5ccc(-c6ccccc6)cc5)nc(-c5ccc(-c6ccccc6)cc5)n4)c([2H])c23)c([2H])c1[2H]. The fraction of sp³-hybridized carbons (Fsp3) is 0. The first-order valence-corrected chi connectivity index (χ1v) is 15.5. The first-order valence-electron chi connectivity index (χ1n) is 21.0. The van der Waals surface area contributed by atoms with Crippen molar-refractivity contribution in [3.05, 3.63) is 176 Å². The Hall–Kier alpha value is -6.65. The van der Waals surface area contributed by atoms with Crippen molar-refractivity contribution in [2.75, 3.05) is 0 Å². The monoisotopic (exact) mass is 638 g/mol. The van der Waals surface area contributed by atoms with Gasteiger partial charge in [-0.1, -0.05) is 158 Å². The molecular formula is C45H29N3O. The molecule has 0 unspecified atom stereocenters. The predicted molar refractivity (Wildman–Crippen MR) is 200 cm³/mol. The van der Waals surface area contributed by atoms with Gasteiger partial charge in [-0.15, -0.1) is 0 Å². The van der Waals surface area contributed by atoms with E-state index in [2.05, 4.69) is 0 Å². The van der Waals surface area contributed by atoms with E-state index >= 15 is 0 Å². The van der Waals surface area contributed by atoms with Gasteiger partial charge in [-0.2, -0.15) is 0 Å². The second kappa shape index (κ2) is 12.2. The number of hydrogen-bond donors (Lipinski definition) is 0. The van der Waals surface area contributed by atoms with Crippen molar-refractivity contribution in [1.29, 1.82) is 0 Å². The maximum absolute atomic E-state index is 9.57. The number of hydrogen-bond acceptors (Lipinski definition) is 4. The predicted octanol–water partition coefficient (Wildman–Crippen LogP) is 11.8. The van der Waals surface area contributed by atoms with Gasteiger partial charge in [0.1, 0.15) is 11.2 Å². The van der Waals surface area contributed by atoms with E-state index in [1.54, 1.807) is 0 Å². The molecule has 0 saturated heterocycles. The van der Waals surface area contributed by atoms with Crippen molar-refractivity contribution < 1.29 is 19.5 Å². The third kappa shape index (κ3) is 5.45. The second-order valence-corrected chi connectivity index (χ2v) is 11.2. The zero-order valence-corrected chi connectivity index (χ0v) is 25.6. The van der Waals surface area contributed by atoms with Gasteiger partial charge < -0.3 is 4.42 Å². The fourth-order valence-corrected chi connectivity index (χ4v) is 5.72. The lowest BCUT2D eigenvalue weighted by Gasteiger charge is -2.10. The zero-order valence-electron chi connectivity index (χ0n) is 36.6. The van der Waals surface area contributed by atoms with Crippen molar-refractivity contribution in [3.63, 3.8) is 0 Å². The molecule has 4 nitrogen and oxygen atoms in total. The van der Waals surface area contributed by atoms with E-state index in [1.165, 1.54) is 0 Å². The molecule has 0 atom stereocenters. The third-order valence-corrected chi connectivity index (χ3v) is 8.17. The van der Waals surface area contributed by atoms with E-state index in [0.717, 1.165) is 22.3 Å². The standard InChI is InChI=1S/C45H29N3O/c1-4-11-30(12-5-1)32-19-23-35(24-20-32)43-46-44(36-25-21-33(22-26-36)31-13-6-2-7-14-31)48-45(47-43)37-27-28-41-40(29-37)39-18-10-17-38(42(39)49-41)34-15-8-3-9-16-34/h1-29H/i3D,8D,9D,10D,15D,16D,17D,18D,27D,28D,29D. The molecule has 9 rings (SSSR count). The molecule has 0 radical (unpaired) electrons. The highest BCUT2D eigenvalue weighted by molar-refractivity contribution is 6.10. The average molecular weight is 639 g/mol. The summed E-state index contributed by atoms with van der Waals surface area (Å²) in [6, 6.07) is 28.2. The largest absolute Gasteiger partial charge is 0.455 e. The smallest absolute Gasteiger partial charge is 0.164 e. The highest BCUT2D eigenvalue weighted by Gasteiger charge is 2.16. The highest BCUT2D eigenvalue weighted by atomic mass is 16.3. The Kier molecular flexibility index (Phi) is 4.78. The number of fused-ring (bicyclic) bond motifs is 3. The number of furan rings is 1. The molecule has 0 aliphatic heterocycles. The molecule has 0 saturated carbocycles. The van der Waals surface area contributed by atoms with Crippen molar-refractivity contribution >= 4 is 21.9 Å². The van der Waals surface area contributed by atoms with Crippen LogP contribution in [0.2, 0.25) is 0 Å². The summed E-state index contributed by atoms with van der Waals surface area (Å²) in [5, 5.41) is -0.355. The van der Waals surface area contributed by atoms with Crippen LogP contribution in [0.5, 0.6) is 0 Å². The average Bonchev–Trinajstić information content (AvgIpc) is 3.69. The summed E-state index contributed by atoms with van der Waals surface area (Å²) in [5.41, 5.74) is 3.52. The summed E-state index contributed by atoms with van der Waals surface area (Å²) < 4.78 is 102. The van der Waals surface area contributed by atoms with Gasteiger partial charge in [-0.3, -0.25) is 0 Å². The van der Waals surface area contributed by atoms with Gasteiger partial charge in [0.05, 0.1) is 15.1 Å². The molecular weight excluding hydrogens is 599 g/mol. The maximum Gasteiger partial charge on any atom is 0.164 e. The van der Waals surface area contributed by atoms with Crippen LogP contribution in [0.25, 0.3) is 89.5 Å². The molecule has 9 aromatic rings. The first kappa shape index (κ1) is 19.2. The Labute approximate surface area is 299 Å². The van der Waals surface area contributed by atoms with Crippen molar-refractivity contribution in [2.24, 2.45) is 0 Å². The van der Waals surface area contributed by atoms with Crippen molar-refractivity contribution in [1.82, 2.24) is 15.0 Å². The summed E-state index contributed by atoms with van der Waals surface area (Å²) >= 11 is 0. The Bertz CT molecular complexity index is 3060. The summed E-state index contributed by atoms with van der Waals surface area (Å²) in [4.78, 5) is 14.4. The molecule has 0 amide bonds. The topological polar surface area (TPSA) is 51.8 Å². The van der Waals surface area contributed by atoms with Gasteiger partial charge in [0, 0.05) is 33.0 Å². The van der Waals surface area contributed by atoms with Crippen LogP contribution in [-0.2, 0) is 0 Å². The number of para-hydroxylation sites is 1. The molecule has 2 heterocycles. The van der Waals surface area contributed by atoms with Gasteiger partial charge in [-0.25, -0.2) is 15.0 Å². The van der Waals surface area contributed by atoms with E-state index < -0.39 is 72.0 Å². The normalized spacial score (nSPS) is 14.4. The molecule has 0 bridgehead atoms. The Morgan fingerprint density at radius 1 is 0.388 bits per heavy atom. The van der Waals surface area contributed by atoms with E-state index in [9.17, 15) is 2.74 Å². The van der Waals surface area contributed by atoms with Gasteiger partial charge in [0.25, 0.3) is 0 Å². The molecule has 230 valence electrons. The van der Waals surface area contributed by atoms with Crippen LogP contribution in [0.15, 0.2) is 180 Å². The van der Waals surface area contributed by atoms with Crippen LogP contribution in [0, 0.1) is 0 Å². The van der Waals surface area contributed by atoms with E-state index in [0.29, 0.717) is 11.1 Å². The highest BCUT2D eigenvalue weighted by Crippen LogP contribution is 2.37. The fourth-order valence-electron chi connectivity index (χ4n) is 5.72. The Balaban J connectivity index is 1.29. The second-order valence-electron chi connectivity index (χ2n) is 11.2. The van der Waals surface area contributed by atoms with Crippen LogP contribution < -0.4 is 0 Å². The molecule has 7 aromatic carbocycles. The summed E-state index contributed by atoms with van der Waals surface area (Å²) in [6.07, 6.45) is 0. The zero-order chi connectivity index (χ0) is 42.1. The maximum atomic E-state index is 9.57. The number of aromatic nitrogens is 3. The number of nitrogens with zero attached hydrogens (tertiary/aromatic N) is 3. The number of benzene rings is 7. The van der Waals surface area contributed by atoms with Crippen molar-refractivity contribution in [3.8, 4) is 67.5 Å². The minimum absolute atomic E-state index is 0.116. The summed E-state index contributed by atoms with van der Waals surface area (Å²) in [7, 11) is 0. The Morgan fingerprint density at radius 2 is 0.898 bits per heavy atom. The van der Waals surface area contributed by atoms with Crippen LogP contribution in [0.1, 0.15) is 15.1 Å². The van der Waals surface area contributed by atoms with E-state index in [-0.39, 0.29) is 50.5 Å². The van der Waals surface area contributed by atoms with Crippen LogP contribution in [0.4, 0.5) is 0 Å². The Morgan fingerprint density at radius 3 is 1.47 bits per heavy atom. The van der Waals surface area contributed by atoms with Gasteiger partial charge in [0.2, 0.25) is 0 Å². The van der Waals surface area contributed by atoms with Crippen LogP contribution >= 0.6 is 0 Å². The molecule has 2 aromatic heterocycles. The number of rotatable bonds is 6. The van der Waals surface area contributed by atoms with Crippen LogP contribution in [-0.4, -0.2) is 15.0 Å². The van der Waals surface area contributed by atoms with E-state index in [1.807, 2.05) is 109 Å². The lowest BCUT2D eigenvalue weighted by Crippen LogP contribution is -2.00. The minimum atomic E-state index is -0.680. The van der Waals surface area contributed by atoms with Crippen molar-refractivity contribution in [2.45, 2.75) is 0 Å². The lowest BCUT2D eigenvalue weighted by atomic mass is 10.0. The quantitative estimate of drug-likeness (QED) is 0.182. The minimum Gasteiger partial charge on any atom is -0.455 e. The molecule has 0 N–H and O–H groups in total. The van der Waals surface area contributed by atoms with E-state index in [4.69, 9.17) is 31.7 Å². The molecule has 0 aliphatic rings. The molecule has 0 fully saturated rings. The van der Waals surface area contributed by atoms with Gasteiger partial charge >= 0.3 is 0 Å². The summed E-state index contributed by atoms with van der Waals surface area (Å²) in [5.74, 6) is 0.331. The van der Waals surface area contributed by atoms with Gasteiger partial charge in [0.15, 0.2) is 17.5 Å². The summed E-state index contributed by atoms with van der Waals surface area (Å²) in [6.45, 7) is 0. The lowest BCUT2D eigenvalue weighted by molar-refractivity contribution is 0.670. The third-order valence-electron chi connectivity index (χ3n) is 8.17.